The van der Waals surface area contributed by atoms with Crippen LogP contribution in [-0.2, 0) is 14.3 Å². The second-order valence-electron chi connectivity index (χ2n) is 5.92. The van der Waals surface area contributed by atoms with Crippen molar-refractivity contribution in [2.45, 2.75) is 13.8 Å². The van der Waals surface area contributed by atoms with Gasteiger partial charge in [-0.15, -0.1) is 11.3 Å². The number of benzene rings is 1. The fourth-order valence-corrected chi connectivity index (χ4v) is 3.07. The smallest absolute Gasteiger partial charge is 0.325 e. The van der Waals surface area contributed by atoms with Gasteiger partial charge in [0.15, 0.2) is 6.61 Å². The molecule has 8 nitrogen and oxygen atoms in total. The number of hydrogen-bond acceptors (Lipinski definition) is 6. The predicted octanol–water partition coefficient (Wildman–Crippen LogP) is 2.14. The van der Waals surface area contributed by atoms with Gasteiger partial charge in [0, 0.05) is 24.3 Å². The van der Waals surface area contributed by atoms with Crippen LogP contribution in [0.5, 0.6) is 0 Å². The molecule has 29 heavy (non-hydrogen) atoms. The number of ether oxygens (including phenoxy) is 1. The van der Waals surface area contributed by atoms with Gasteiger partial charge >= 0.3 is 5.97 Å². The third-order valence-corrected chi connectivity index (χ3v) is 4.84. The molecule has 0 saturated heterocycles. The van der Waals surface area contributed by atoms with Gasteiger partial charge in [0.25, 0.3) is 17.7 Å². The maximum Gasteiger partial charge on any atom is 0.325 e. The van der Waals surface area contributed by atoms with Gasteiger partial charge in [-0.25, -0.2) is 0 Å². The topological polar surface area (TPSA) is 105 Å². The third kappa shape index (κ3) is 6.72. The fraction of sp³-hybridized carbons (Fsp3) is 0.300. The number of nitrogens with zero attached hydrogens (tertiary/aromatic N) is 1. The molecule has 0 aliphatic heterocycles. The van der Waals surface area contributed by atoms with E-state index in [4.69, 9.17) is 4.74 Å². The summed E-state index contributed by atoms with van der Waals surface area (Å²) in [5.41, 5.74) is 1.01. The van der Waals surface area contributed by atoms with E-state index in [0.29, 0.717) is 29.2 Å². The van der Waals surface area contributed by atoms with E-state index in [1.54, 1.807) is 46.7 Å². The van der Waals surface area contributed by atoms with Crippen molar-refractivity contribution >= 4 is 40.7 Å². The number of thiophene rings is 1. The third-order valence-electron chi connectivity index (χ3n) is 3.97. The van der Waals surface area contributed by atoms with Crippen LogP contribution in [0.1, 0.15) is 33.9 Å². The largest absolute Gasteiger partial charge is 0.454 e. The van der Waals surface area contributed by atoms with Gasteiger partial charge in [0.1, 0.15) is 6.54 Å². The van der Waals surface area contributed by atoms with Crippen LogP contribution in [0.4, 0.5) is 5.69 Å². The Balaban J connectivity index is 1.75. The van der Waals surface area contributed by atoms with Gasteiger partial charge in [0.05, 0.1) is 4.88 Å². The molecule has 2 rings (SSSR count). The zero-order valence-corrected chi connectivity index (χ0v) is 17.1. The predicted molar refractivity (Wildman–Crippen MR) is 110 cm³/mol. The van der Waals surface area contributed by atoms with Gasteiger partial charge in [-0.1, -0.05) is 6.07 Å². The van der Waals surface area contributed by atoms with Crippen LogP contribution in [0, 0.1) is 0 Å². The van der Waals surface area contributed by atoms with E-state index < -0.39 is 18.5 Å². The summed E-state index contributed by atoms with van der Waals surface area (Å²) in [4.78, 5) is 49.7. The van der Waals surface area contributed by atoms with E-state index in [9.17, 15) is 19.2 Å². The summed E-state index contributed by atoms with van der Waals surface area (Å²) in [7, 11) is 0. The second-order valence-corrected chi connectivity index (χ2v) is 6.87. The molecule has 0 aliphatic rings. The average Bonchev–Trinajstić information content (AvgIpc) is 3.27. The lowest BCUT2D eigenvalue weighted by molar-refractivity contribution is -0.146. The minimum absolute atomic E-state index is 0.0774. The quantitative estimate of drug-likeness (QED) is 0.608. The van der Waals surface area contributed by atoms with Crippen LogP contribution in [0.25, 0.3) is 0 Å². The second kappa shape index (κ2) is 11.0. The Morgan fingerprint density at radius 1 is 1.03 bits per heavy atom. The molecule has 1 heterocycles. The average molecular weight is 417 g/mol. The van der Waals surface area contributed by atoms with Crippen molar-refractivity contribution in [3.8, 4) is 0 Å². The minimum Gasteiger partial charge on any atom is -0.454 e. The maximum atomic E-state index is 12.3. The summed E-state index contributed by atoms with van der Waals surface area (Å²) >= 11 is 1.26. The Bertz CT molecular complexity index is 846. The highest BCUT2D eigenvalue weighted by Gasteiger charge is 2.13. The van der Waals surface area contributed by atoms with Gasteiger partial charge in [-0.2, -0.15) is 0 Å². The van der Waals surface area contributed by atoms with Crippen molar-refractivity contribution < 1.29 is 23.9 Å². The lowest BCUT2D eigenvalue weighted by Gasteiger charge is -2.18. The highest BCUT2D eigenvalue weighted by Crippen LogP contribution is 2.12. The molecule has 0 saturated carbocycles. The van der Waals surface area contributed by atoms with E-state index in [2.05, 4.69) is 10.6 Å². The first-order chi connectivity index (χ1) is 13.9. The van der Waals surface area contributed by atoms with Crippen LogP contribution in [0.15, 0.2) is 41.8 Å². The highest BCUT2D eigenvalue weighted by atomic mass is 32.1. The van der Waals surface area contributed by atoms with E-state index in [1.165, 1.54) is 11.3 Å². The molecule has 0 radical (unpaired) electrons. The highest BCUT2D eigenvalue weighted by molar-refractivity contribution is 7.12. The Kier molecular flexibility index (Phi) is 8.35. The molecular formula is C20H23N3O5S. The molecular weight excluding hydrogens is 394 g/mol. The monoisotopic (exact) mass is 417 g/mol. The molecule has 1 aromatic carbocycles. The molecule has 2 N–H and O–H groups in total. The SMILES string of the molecule is CCN(CC)C(=O)c1ccc(NC(=O)COC(=O)CNC(=O)c2cccs2)cc1. The van der Waals surface area contributed by atoms with E-state index in [0.717, 1.165) is 0 Å². The number of anilines is 1. The molecule has 2 aromatic rings. The first-order valence-electron chi connectivity index (χ1n) is 9.11. The summed E-state index contributed by atoms with van der Waals surface area (Å²) < 4.78 is 4.84. The summed E-state index contributed by atoms with van der Waals surface area (Å²) in [6.07, 6.45) is 0. The van der Waals surface area contributed by atoms with Crippen LogP contribution < -0.4 is 10.6 Å². The Morgan fingerprint density at radius 3 is 2.31 bits per heavy atom. The van der Waals surface area contributed by atoms with Gasteiger partial charge in [-0.3, -0.25) is 19.2 Å². The van der Waals surface area contributed by atoms with Crippen molar-refractivity contribution in [1.29, 1.82) is 0 Å². The summed E-state index contributed by atoms with van der Waals surface area (Å²) in [6.45, 7) is 4.25. The van der Waals surface area contributed by atoms with Crippen LogP contribution in [-0.4, -0.2) is 54.8 Å². The fourth-order valence-electron chi connectivity index (χ4n) is 2.43. The van der Waals surface area contributed by atoms with Crippen molar-refractivity contribution in [1.82, 2.24) is 10.2 Å². The molecule has 1 aromatic heterocycles. The first-order valence-corrected chi connectivity index (χ1v) is 9.99. The minimum atomic E-state index is -0.717. The van der Waals surface area contributed by atoms with Crippen molar-refractivity contribution in [3.63, 3.8) is 0 Å². The molecule has 0 fully saturated rings. The number of nitrogens with one attached hydrogen (secondary N) is 2. The summed E-state index contributed by atoms with van der Waals surface area (Å²) in [6, 6.07) is 9.84. The van der Waals surface area contributed by atoms with Gasteiger partial charge in [0.2, 0.25) is 0 Å². The van der Waals surface area contributed by atoms with Gasteiger partial charge in [-0.05, 0) is 49.6 Å². The Morgan fingerprint density at radius 2 is 1.72 bits per heavy atom. The molecule has 3 amide bonds. The summed E-state index contributed by atoms with van der Waals surface area (Å²) in [5.74, 6) is -1.69. The zero-order chi connectivity index (χ0) is 21.2. The standard InChI is InChI=1S/C20H23N3O5S/c1-3-23(4-2)20(27)14-7-9-15(10-8-14)22-17(24)13-28-18(25)12-21-19(26)16-6-5-11-29-16/h5-11H,3-4,12-13H2,1-2H3,(H,21,26)(H,22,24). The Labute approximate surface area is 172 Å². The van der Waals surface area contributed by atoms with Crippen molar-refractivity contribution in [2.75, 3.05) is 31.6 Å². The lowest BCUT2D eigenvalue weighted by Crippen LogP contribution is -2.31. The molecule has 0 unspecified atom stereocenters. The lowest BCUT2D eigenvalue weighted by atomic mass is 10.2. The van der Waals surface area contributed by atoms with Crippen LogP contribution >= 0.6 is 11.3 Å². The molecule has 9 heteroatoms. The number of carbonyl (C=O) groups is 4. The number of carbonyl (C=O) groups excluding carboxylic acids is 4. The number of rotatable bonds is 9. The number of amides is 3. The maximum absolute atomic E-state index is 12.3. The molecule has 0 spiro atoms. The summed E-state index contributed by atoms with van der Waals surface area (Å²) in [5, 5.41) is 6.76. The van der Waals surface area contributed by atoms with Crippen molar-refractivity contribution in [3.05, 3.63) is 52.2 Å². The van der Waals surface area contributed by atoms with E-state index in [1.807, 2.05) is 13.8 Å². The molecule has 0 bridgehead atoms. The molecule has 154 valence electrons. The molecule has 0 atom stereocenters. The van der Waals surface area contributed by atoms with E-state index in [-0.39, 0.29) is 18.4 Å². The van der Waals surface area contributed by atoms with Gasteiger partial charge < -0.3 is 20.3 Å². The van der Waals surface area contributed by atoms with E-state index >= 15 is 0 Å². The first kappa shape index (κ1) is 22.1. The Hall–Kier alpha value is -3.20. The van der Waals surface area contributed by atoms with Crippen LogP contribution in [0.3, 0.4) is 0 Å². The molecule has 0 aliphatic carbocycles. The normalized spacial score (nSPS) is 10.1. The number of esters is 1. The van der Waals surface area contributed by atoms with Crippen molar-refractivity contribution in [2.24, 2.45) is 0 Å². The number of hydrogen-bond donors (Lipinski definition) is 2. The van der Waals surface area contributed by atoms with Crippen LogP contribution in [0.2, 0.25) is 0 Å². The zero-order valence-electron chi connectivity index (χ0n) is 16.3.